The van der Waals surface area contributed by atoms with E-state index in [-0.39, 0.29) is 24.6 Å². The Balaban J connectivity index is 2.25. The Kier molecular flexibility index (Phi) is 4.71. The lowest BCUT2D eigenvalue weighted by molar-refractivity contribution is -0.116. The Labute approximate surface area is 121 Å². The first-order valence-corrected chi connectivity index (χ1v) is 6.73. The Bertz CT molecular complexity index is 586. The monoisotopic (exact) mass is 297 g/mol. The lowest BCUT2D eigenvalue weighted by atomic mass is 10.1. The van der Waals surface area contributed by atoms with Crippen LogP contribution in [-0.2, 0) is 16.0 Å². The number of anilines is 1. The average molecular weight is 297 g/mol. The van der Waals surface area contributed by atoms with E-state index < -0.39 is 24.1 Å². The molecule has 1 fully saturated rings. The van der Waals surface area contributed by atoms with E-state index in [0.29, 0.717) is 18.4 Å². The predicted molar refractivity (Wildman–Crippen MR) is 73.5 cm³/mol. The van der Waals surface area contributed by atoms with Crippen LogP contribution in [-0.4, -0.2) is 44.4 Å². The molecule has 0 aromatic carbocycles. The van der Waals surface area contributed by atoms with E-state index in [1.54, 1.807) is 0 Å². The zero-order valence-corrected chi connectivity index (χ0v) is 11.7. The van der Waals surface area contributed by atoms with Crippen molar-refractivity contribution in [1.29, 1.82) is 0 Å². The van der Waals surface area contributed by atoms with Gasteiger partial charge >= 0.3 is 5.69 Å². The molecule has 0 saturated carbocycles. The fraction of sp³-hybridized carbons (Fsp3) is 0.615. The average Bonchev–Trinajstić information content (AvgIpc) is 2.78. The van der Waals surface area contributed by atoms with Crippen molar-refractivity contribution < 1.29 is 19.7 Å². The highest BCUT2D eigenvalue weighted by atomic mass is 16.5. The topological polar surface area (TPSA) is 128 Å². The summed E-state index contributed by atoms with van der Waals surface area (Å²) < 4.78 is 6.67. The van der Waals surface area contributed by atoms with Gasteiger partial charge in [-0.25, -0.2) is 4.79 Å². The Morgan fingerprint density at radius 3 is 2.90 bits per heavy atom. The highest BCUT2D eigenvalue weighted by molar-refractivity contribution is 5.75. The van der Waals surface area contributed by atoms with E-state index >= 15 is 0 Å². The molecule has 0 radical (unpaired) electrons. The van der Waals surface area contributed by atoms with Gasteiger partial charge in [0.1, 0.15) is 23.9 Å². The molecule has 3 atom stereocenters. The number of carbonyl (C=O) groups is 1. The number of ether oxygens (including phenoxy) is 1. The van der Waals surface area contributed by atoms with E-state index in [1.165, 1.54) is 17.7 Å². The van der Waals surface area contributed by atoms with E-state index in [4.69, 9.17) is 15.6 Å². The largest absolute Gasteiger partial charge is 0.394 e. The highest BCUT2D eigenvalue weighted by Gasteiger charge is 2.35. The van der Waals surface area contributed by atoms with Crippen molar-refractivity contribution in [2.45, 2.75) is 44.6 Å². The predicted octanol–water partition coefficient (Wildman–Crippen LogP) is -1.01. The third kappa shape index (κ3) is 3.46. The van der Waals surface area contributed by atoms with Gasteiger partial charge in [0.2, 0.25) is 0 Å². The summed E-state index contributed by atoms with van der Waals surface area (Å²) in [5.74, 6) is 0.106. The van der Waals surface area contributed by atoms with Crippen LogP contribution in [0, 0.1) is 0 Å². The van der Waals surface area contributed by atoms with Gasteiger partial charge in [0.15, 0.2) is 0 Å². The number of nitrogens with two attached hydrogens (primary N) is 1. The molecule has 1 aromatic rings. The summed E-state index contributed by atoms with van der Waals surface area (Å²) in [5, 5.41) is 18.8. The van der Waals surface area contributed by atoms with E-state index in [9.17, 15) is 14.7 Å². The normalized spacial score (nSPS) is 25.2. The van der Waals surface area contributed by atoms with Crippen LogP contribution < -0.4 is 11.4 Å². The Morgan fingerprint density at radius 2 is 2.33 bits per heavy atom. The van der Waals surface area contributed by atoms with Crippen molar-refractivity contribution in [3.05, 3.63) is 22.2 Å². The molecular weight excluding hydrogens is 278 g/mol. The maximum Gasteiger partial charge on any atom is 0.351 e. The van der Waals surface area contributed by atoms with Crippen molar-refractivity contribution in [2.75, 3.05) is 12.3 Å². The van der Waals surface area contributed by atoms with Crippen molar-refractivity contribution in [3.63, 3.8) is 0 Å². The lowest BCUT2D eigenvalue weighted by Gasteiger charge is -2.16. The number of nitrogens with zero attached hydrogens (tertiary/aromatic N) is 2. The summed E-state index contributed by atoms with van der Waals surface area (Å²) in [6.45, 7) is 1.15. The van der Waals surface area contributed by atoms with Crippen LogP contribution in [0.5, 0.6) is 0 Å². The number of nitrogen functional groups attached to an aromatic ring is 1. The van der Waals surface area contributed by atoms with Gasteiger partial charge in [-0.2, -0.15) is 4.98 Å². The second kappa shape index (κ2) is 6.33. The Morgan fingerprint density at radius 1 is 1.62 bits per heavy atom. The maximum atomic E-state index is 11.9. The Hall–Kier alpha value is -1.77. The summed E-state index contributed by atoms with van der Waals surface area (Å²) in [6.07, 6.45) is 0.109. The van der Waals surface area contributed by atoms with E-state index in [2.05, 4.69) is 4.98 Å². The molecular formula is C13H19N3O5. The second-order valence-electron chi connectivity index (χ2n) is 5.16. The first kappa shape index (κ1) is 15.6. The number of hydrogen-bond acceptors (Lipinski definition) is 7. The van der Waals surface area contributed by atoms with Crippen LogP contribution in [0.2, 0.25) is 0 Å². The van der Waals surface area contributed by atoms with Gasteiger partial charge in [-0.05, 0) is 13.3 Å². The minimum absolute atomic E-state index is 0.0139. The number of Topliss-reactive ketones (excluding diaryl/α,β-unsaturated/α-hetero) is 1. The van der Waals surface area contributed by atoms with Crippen LogP contribution >= 0.6 is 0 Å². The molecule has 21 heavy (non-hydrogen) atoms. The zero-order chi connectivity index (χ0) is 15.6. The van der Waals surface area contributed by atoms with Crippen LogP contribution in [0.25, 0.3) is 0 Å². The third-order valence-electron chi connectivity index (χ3n) is 3.50. The van der Waals surface area contributed by atoms with Gasteiger partial charge in [0.05, 0.1) is 12.7 Å². The summed E-state index contributed by atoms with van der Waals surface area (Å²) in [6, 6.07) is 0. The third-order valence-corrected chi connectivity index (χ3v) is 3.50. The van der Waals surface area contributed by atoms with Crippen molar-refractivity contribution in [1.82, 2.24) is 9.55 Å². The molecule has 4 N–H and O–H groups in total. The molecule has 2 rings (SSSR count). The SMILES string of the molecule is CC(=O)CCc1cn([C@H]2C[C@H](O)[C@@H](CO)O2)c(=O)nc1N. The molecule has 1 aliphatic rings. The molecule has 116 valence electrons. The number of carbonyl (C=O) groups excluding carboxylic acids is 1. The standard InChI is InChI=1S/C13H19N3O5/c1-7(18)2-3-8-5-16(13(20)15-12(8)14)11-4-9(19)10(6-17)21-11/h5,9-11,17,19H,2-4,6H2,1H3,(H2,14,15,20)/t9-,10+,11+/m0/s1. The first-order valence-electron chi connectivity index (χ1n) is 6.73. The molecule has 0 unspecified atom stereocenters. The lowest BCUT2D eigenvalue weighted by Crippen LogP contribution is -2.29. The van der Waals surface area contributed by atoms with Crippen LogP contribution in [0.15, 0.2) is 11.0 Å². The van der Waals surface area contributed by atoms with Gasteiger partial charge < -0.3 is 25.5 Å². The summed E-state index contributed by atoms with van der Waals surface area (Å²) in [5.41, 5.74) is 5.68. The quantitative estimate of drug-likeness (QED) is 0.635. The molecule has 0 aliphatic carbocycles. The fourth-order valence-electron chi connectivity index (χ4n) is 2.28. The fourth-order valence-corrected chi connectivity index (χ4v) is 2.28. The molecule has 0 spiro atoms. The van der Waals surface area contributed by atoms with Crippen molar-refractivity contribution >= 4 is 11.6 Å². The minimum Gasteiger partial charge on any atom is -0.394 e. The number of aliphatic hydroxyl groups is 2. The smallest absolute Gasteiger partial charge is 0.351 e. The molecule has 2 heterocycles. The molecule has 1 aromatic heterocycles. The summed E-state index contributed by atoms with van der Waals surface area (Å²) >= 11 is 0. The van der Waals surface area contributed by atoms with E-state index in [1.807, 2.05) is 0 Å². The number of aliphatic hydroxyl groups excluding tert-OH is 2. The molecule has 1 aliphatic heterocycles. The summed E-state index contributed by atoms with van der Waals surface area (Å²) in [4.78, 5) is 26.7. The molecule has 1 saturated heterocycles. The van der Waals surface area contributed by atoms with Crippen molar-refractivity contribution in [2.24, 2.45) is 0 Å². The maximum absolute atomic E-state index is 11.9. The first-order chi connectivity index (χ1) is 9.92. The zero-order valence-electron chi connectivity index (χ0n) is 11.7. The minimum atomic E-state index is -0.842. The van der Waals surface area contributed by atoms with Crippen LogP contribution in [0.3, 0.4) is 0 Å². The molecule has 8 nitrogen and oxygen atoms in total. The van der Waals surface area contributed by atoms with Gasteiger partial charge in [0, 0.05) is 24.6 Å². The molecule has 0 amide bonds. The number of ketones is 1. The van der Waals surface area contributed by atoms with Crippen LogP contribution in [0.1, 0.15) is 31.6 Å². The van der Waals surface area contributed by atoms with Gasteiger partial charge in [-0.3, -0.25) is 4.57 Å². The number of aryl methyl sites for hydroxylation is 1. The van der Waals surface area contributed by atoms with Crippen molar-refractivity contribution in [3.8, 4) is 0 Å². The van der Waals surface area contributed by atoms with Gasteiger partial charge in [-0.1, -0.05) is 0 Å². The van der Waals surface area contributed by atoms with E-state index in [0.717, 1.165) is 0 Å². The number of aromatic nitrogens is 2. The molecule has 0 bridgehead atoms. The second-order valence-corrected chi connectivity index (χ2v) is 5.16. The highest BCUT2D eigenvalue weighted by Crippen LogP contribution is 2.27. The van der Waals surface area contributed by atoms with Gasteiger partial charge in [0.25, 0.3) is 0 Å². The number of hydrogen-bond donors (Lipinski definition) is 3. The summed E-state index contributed by atoms with van der Waals surface area (Å²) in [7, 11) is 0. The molecule has 8 heteroatoms. The number of rotatable bonds is 5. The van der Waals surface area contributed by atoms with Crippen LogP contribution in [0.4, 0.5) is 5.82 Å². The van der Waals surface area contributed by atoms with Gasteiger partial charge in [-0.15, -0.1) is 0 Å².